The summed E-state index contributed by atoms with van der Waals surface area (Å²) in [6, 6.07) is 17.0. The van der Waals surface area contributed by atoms with Crippen molar-refractivity contribution in [2.24, 2.45) is 5.10 Å². The van der Waals surface area contributed by atoms with Crippen LogP contribution in [0.3, 0.4) is 0 Å². The highest BCUT2D eigenvalue weighted by atomic mass is 32.1. The highest BCUT2D eigenvalue weighted by Gasteiger charge is 2.11. The molecule has 0 aliphatic rings. The van der Waals surface area contributed by atoms with E-state index < -0.39 is 5.91 Å². The first-order chi connectivity index (χ1) is 16.6. The second-order valence-electron chi connectivity index (χ2n) is 7.44. The fourth-order valence-electron chi connectivity index (χ4n) is 3.28. The zero-order chi connectivity index (χ0) is 23.9. The van der Waals surface area contributed by atoms with Crippen LogP contribution in [-0.4, -0.2) is 28.8 Å². The van der Waals surface area contributed by atoms with Crippen molar-refractivity contribution < 1.29 is 14.3 Å². The van der Waals surface area contributed by atoms with Gasteiger partial charge < -0.3 is 9.47 Å². The molecule has 4 rings (SSSR count). The summed E-state index contributed by atoms with van der Waals surface area (Å²) in [6.45, 7) is 2.27. The number of fused-ring (bicyclic) bond motifs is 1. The molecule has 4 aromatic rings. The fraction of sp³-hybridized carbons (Fsp3) is 0.200. The Balaban J connectivity index is 1.37. The van der Waals surface area contributed by atoms with Crippen molar-refractivity contribution in [3.63, 3.8) is 0 Å². The van der Waals surface area contributed by atoms with Crippen molar-refractivity contribution in [3.05, 3.63) is 87.3 Å². The molecule has 0 bridgehead atoms. The average molecular weight is 477 g/mol. The molecule has 174 valence electrons. The Morgan fingerprint density at radius 3 is 2.76 bits per heavy atom. The van der Waals surface area contributed by atoms with Crippen LogP contribution in [0, 0.1) is 0 Å². The van der Waals surface area contributed by atoms with Gasteiger partial charge in [-0.2, -0.15) is 5.10 Å². The Kier molecular flexibility index (Phi) is 7.34. The van der Waals surface area contributed by atoms with Crippen LogP contribution in [0.2, 0.25) is 0 Å². The SMILES string of the molecule is CCc1cc2c(=O)n(CC(=O)N/N=C/c3ccc(OCc4ccccc4)c(OC)c3)cnc2s1. The number of carbonyl (C=O) groups is 1. The van der Waals surface area contributed by atoms with Gasteiger partial charge >= 0.3 is 0 Å². The summed E-state index contributed by atoms with van der Waals surface area (Å²) in [4.78, 5) is 31.0. The first kappa shape index (κ1) is 23.2. The molecule has 34 heavy (non-hydrogen) atoms. The quantitative estimate of drug-likeness (QED) is 0.293. The van der Waals surface area contributed by atoms with Crippen molar-refractivity contribution in [1.29, 1.82) is 0 Å². The minimum Gasteiger partial charge on any atom is -0.493 e. The van der Waals surface area contributed by atoms with E-state index in [-0.39, 0.29) is 12.1 Å². The van der Waals surface area contributed by atoms with E-state index in [0.29, 0.717) is 28.3 Å². The molecule has 8 nitrogen and oxygen atoms in total. The maximum atomic E-state index is 12.6. The Bertz CT molecular complexity index is 1380. The number of hydrogen-bond donors (Lipinski definition) is 1. The molecule has 0 atom stereocenters. The smallest absolute Gasteiger partial charge is 0.262 e. The number of nitrogens with zero attached hydrogens (tertiary/aromatic N) is 3. The summed E-state index contributed by atoms with van der Waals surface area (Å²) in [7, 11) is 1.56. The van der Waals surface area contributed by atoms with Gasteiger partial charge in [-0.25, -0.2) is 10.4 Å². The molecule has 0 saturated carbocycles. The number of benzene rings is 2. The molecule has 0 aliphatic carbocycles. The van der Waals surface area contributed by atoms with Gasteiger partial charge in [0.1, 0.15) is 18.0 Å². The number of methoxy groups -OCH3 is 1. The van der Waals surface area contributed by atoms with E-state index in [2.05, 4.69) is 15.5 Å². The van der Waals surface area contributed by atoms with Crippen LogP contribution in [0.15, 0.2) is 70.8 Å². The summed E-state index contributed by atoms with van der Waals surface area (Å²) >= 11 is 1.49. The molecule has 0 spiro atoms. The van der Waals surface area contributed by atoms with Gasteiger partial charge in [-0.15, -0.1) is 11.3 Å². The zero-order valence-electron chi connectivity index (χ0n) is 18.9. The Hall–Kier alpha value is -3.98. The lowest BCUT2D eigenvalue weighted by atomic mass is 10.2. The summed E-state index contributed by atoms with van der Waals surface area (Å²) in [5, 5.41) is 4.52. The van der Waals surface area contributed by atoms with Gasteiger partial charge in [0.15, 0.2) is 11.5 Å². The Labute approximate surface area is 200 Å². The molecule has 0 aliphatic heterocycles. The van der Waals surface area contributed by atoms with Crippen molar-refractivity contribution in [2.75, 3.05) is 7.11 Å². The van der Waals surface area contributed by atoms with Crippen LogP contribution in [0.25, 0.3) is 10.2 Å². The van der Waals surface area contributed by atoms with Crippen molar-refractivity contribution in [1.82, 2.24) is 15.0 Å². The maximum absolute atomic E-state index is 12.6. The molecule has 0 fully saturated rings. The lowest BCUT2D eigenvalue weighted by Gasteiger charge is -2.11. The second-order valence-corrected chi connectivity index (χ2v) is 8.56. The minimum atomic E-state index is -0.430. The van der Waals surface area contributed by atoms with Crippen LogP contribution in [0.1, 0.15) is 22.9 Å². The fourth-order valence-corrected chi connectivity index (χ4v) is 4.21. The molecular weight excluding hydrogens is 452 g/mol. The molecule has 2 aromatic carbocycles. The maximum Gasteiger partial charge on any atom is 0.262 e. The van der Waals surface area contributed by atoms with Crippen LogP contribution >= 0.6 is 11.3 Å². The third-order valence-corrected chi connectivity index (χ3v) is 6.25. The number of rotatable bonds is 9. The summed E-state index contributed by atoms with van der Waals surface area (Å²) in [5.41, 5.74) is 3.97. The lowest BCUT2D eigenvalue weighted by molar-refractivity contribution is -0.121. The van der Waals surface area contributed by atoms with E-state index in [4.69, 9.17) is 9.47 Å². The van der Waals surface area contributed by atoms with Crippen LogP contribution < -0.4 is 20.5 Å². The van der Waals surface area contributed by atoms with Gasteiger partial charge in [-0.1, -0.05) is 37.3 Å². The summed E-state index contributed by atoms with van der Waals surface area (Å²) in [6.07, 6.45) is 3.72. The van der Waals surface area contributed by atoms with Crippen molar-refractivity contribution in [3.8, 4) is 11.5 Å². The number of nitrogens with one attached hydrogen (secondary N) is 1. The van der Waals surface area contributed by atoms with Gasteiger partial charge in [0.05, 0.1) is 25.0 Å². The molecule has 2 aromatic heterocycles. The van der Waals surface area contributed by atoms with E-state index in [0.717, 1.165) is 22.4 Å². The van der Waals surface area contributed by atoms with Crippen molar-refractivity contribution >= 4 is 33.7 Å². The lowest BCUT2D eigenvalue weighted by Crippen LogP contribution is -2.29. The number of amides is 1. The summed E-state index contributed by atoms with van der Waals surface area (Å²) in [5.74, 6) is 0.731. The second kappa shape index (κ2) is 10.8. The number of ether oxygens (including phenoxy) is 2. The van der Waals surface area contributed by atoms with Crippen molar-refractivity contribution in [2.45, 2.75) is 26.5 Å². The van der Waals surface area contributed by atoms with E-state index >= 15 is 0 Å². The zero-order valence-corrected chi connectivity index (χ0v) is 19.7. The van der Waals surface area contributed by atoms with E-state index in [9.17, 15) is 9.59 Å². The normalized spacial score (nSPS) is 11.1. The van der Waals surface area contributed by atoms with Gasteiger partial charge in [0.2, 0.25) is 0 Å². The van der Waals surface area contributed by atoms with Gasteiger partial charge in [-0.3, -0.25) is 14.2 Å². The predicted molar refractivity (Wildman–Crippen MR) is 133 cm³/mol. The van der Waals surface area contributed by atoms with E-state index in [1.165, 1.54) is 28.4 Å². The van der Waals surface area contributed by atoms with Gasteiger partial charge in [-0.05, 0) is 41.8 Å². The van der Waals surface area contributed by atoms with Gasteiger partial charge in [0.25, 0.3) is 11.5 Å². The number of aromatic nitrogens is 2. The van der Waals surface area contributed by atoms with Gasteiger partial charge in [0, 0.05) is 4.88 Å². The standard InChI is InChI=1S/C25H24N4O4S/c1-3-19-12-20-24(34-19)26-16-29(25(20)31)14-23(30)28-27-13-18-9-10-21(22(11-18)32-2)33-15-17-7-5-4-6-8-17/h4-13,16H,3,14-15H2,1-2H3,(H,28,30)/b27-13+. The molecule has 1 amide bonds. The number of aryl methyl sites for hydroxylation is 1. The highest BCUT2D eigenvalue weighted by Crippen LogP contribution is 2.28. The number of hydrogen-bond acceptors (Lipinski definition) is 7. The minimum absolute atomic E-state index is 0.175. The van der Waals surface area contributed by atoms with E-state index in [1.807, 2.05) is 49.4 Å². The molecule has 9 heteroatoms. The average Bonchev–Trinajstić information content (AvgIpc) is 3.30. The summed E-state index contributed by atoms with van der Waals surface area (Å²) < 4.78 is 12.6. The topological polar surface area (TPSA) is 94.8 Å². The third-order valence-electron chi connectivity index (χ3n) is 5.06. The number of carbonyl (C=O) groups excluding carboxylic acids is 1. The largest absolute Gasteiger partial charge is 0.493 e. The monoisotopic (exact) mass is 476 g/mol. The molecular formula is C25H24N4O4S. The first-order valence-electron chi connectivity index (χ1n) is 10.7. The molecule has 0 unspecified atom stereocenters. The molecule has 0 radical (unpaired) electrons. The molecule has 1 N–H and O–H groups in total. The van der Waals surface area contributed by atoms with Crippen LogP contribution in [0.4, 0.5) is 0 Å². The molecule has 0 saturated heterocycles. The van der Waals surface area contributed by atoms with Crippen LogP contribution in [0.5, 0.6) is 11.5 Å². The Morgan fingerprint density at radius 1 is 1.18 bits per heavy atom. The predicted octanol–water partition coefficient (Wildman–Crippen LogP) is 3.76. The number of thiophene rings is 1. The Morgan fingerprint density at radius 2 is 2.00 bits per heavy atom. The third kappa shape index (κ3) is 5.49. The molecule has 2 heterocycles. The van der Waals surface area contributed by atoms with Crippen LogP contribution in [-0.2, 0) is 24.4 Å². The number of hydrazone groups is 1. The first-order valence-corrected chi connectivity index (χ1v) is 11.5. The van der Waals surface area contributed by atoms with E-state index in [1.54, 1.807) is 19.2 Å². The highest BCUT2D eigenvalue weighted by molar-refractivity contribution is 7.18.